The van der Waals surface area contributed by atoms with Crippen molar-refractivity contribution in [2.45, 2.75) is 19.1 Å². The van der Waals surface area contributed by atoms with Gasteiger partial charge in [-0.3, -0.25) is 4.79 Å². The molecule has 0 saturated carbocycles. The molecule has 9 nitrogen and oxygen atoms in total. The number of amides is 1. The topological polar surface area (TPSA) is 116 Å². The van der Waals surface area contributed by atoms with Gasteiger partial charge in [-0.1, -0.05) is 88.7 Å². The second-order valence-corrected chi connectivity index (χ2v) is 11.5. The van der Waals surface area contributed by atoms with Crippen molar-refractivity contribution in [3.63, 3.8) is 0 Å². The number of ether oxygens (including phenoxy) is 2. The zero-order valence-electron chi connectivity index (χ0n) is 25.0. The van der Waals surface area contributed by atoms with Crippen LogP contribution in [0.15, 0.2) is 138 Å². The van der Waals surface area contributed by atoms with Crippen LogP contribution in [0.5, 0.6) is 17.2 Å². The van der Waals surface area contributed by atoms with Crippen molar-refractivity contribution in [2.75, 3.05) is 0 Å². The van der Waals surface area contributed by atoms with Crippen molar-refractivity contribution in [3.05, 3.63) is 155 Å². The third-order valence-electron chi connectivity index (χ3n) is 7.37. The normalized spacial score (nSPS) is 11.4. The van der Waals surface area contributed by atoms with Gasteiger partial charge in [-0.25, -0.2) is 14.5 Å². The molecule has 0 aliphatic rings. The molecule has 6 aromatic rings. The summed E-state index contributed by atoms with van der Waals surface area (Å²) in [5.41, 5.74) is 4.52. The van der Waals surface area contributed by atoms with Crippen LogP contribution < -0.4 is 14.8 Å². The maximum atomic E-state index is 13.4. The van der Waals surface area contributed by atoms with E-state index in [1.54, 1.807) is 29.2 Å². The summed E-state index contributed by atoms with van der Waals surface area (Å²) in [5, 5.41) is 16.8. The molecule has 10 heteroatoms. The number of nitrogens with one attached hydrogen (secondary N) is 1. The van der Waals surface area contributed by atoms with Crippen LogP contribution in [0.2, 0.25) is 0 Å². The lowest BCUT2D eigenvalue weighted by atomic mass is 9.99. The molecule has 0 saturated heterocycles. The number of nitrogens with zero attached hydrogens (tertiary/aromatic N) is 3. The van der Waals surface area contributed by atoms with Crippen molar-refractivity contribution >= 4 is 27.8 Å². The summed E-state index contributed by atoms with van der Waals surface area (Å²) >= 11 is 3.41. The molecule has 2 N–H and O–H groups in total. The van der Waals surface area contributed by atoms with Gasteiger partial charge in [0.25, 0.3) is 5.91 Å². The van der Waals surface area contributed by atoms with Crippen LogP contribution in [-0.4, -0.2) is 37.8 Å². The van der Waals surface area contributed by atoms with Gasteiger partial charge in [0.2, 0.25) is 0 Å². The maximum Gasteiger partial charge on any atom is 0.326 e. The molecule has 1 unspecified atom stereocenters. The molecule has 5 aromatic carbocycles. The number of carboxylic acids is 1. The van der Waals surface area contributed by atoms with E-state index in [4.69, 9.17) is 9.47 Å². The number of aromatic nitrogens is 3. The lowest BCUT2D eigenvalue weighted by molar-refractivity contribution is -0.139. The minimum atomic E-state index is -1.17. The fourth-order valence-corrected chi connectivity index (χ4v) is 5.32. The van der Waals surface area contributed by atoms with Crippen LogP contribution >= 0.6 is 15.9 Å². The largest absolute Gasteiger partial charge is 0.488 e. The van der Waals surface area contributed by atoms with Crippen LogP contribution in [0.4, 0.5) is 0 Å². The second-order valence-electron chi connectivity index (χ2n) is 10.6. The van der Waals surface area contributed by atoms with Crippen molar-refractivity contribution in [3.8, 4) is 34.1 Å². The highest BCUT2D eigenvalue weighted by atomic mass is 79.9. The first-order chi connectivity index (χ1) is 22.9. The van der Waals surface area contributed by atoms with Gasteiger partial charge in [-0.15, -0.1) is 0 Å². The van der Waals surface area contributed by atoms with E-state index in [1.807, 2.05) is 103 Å². The minimum Gasteiger partial charge on any atom is -0.488 e. The van der Waals surface area contributed by atoms with Gasteiger partial charge in [-0.2, -0.15) is 5.10 Å². The lowest BCUT2D eigenvalue weighted by Crippen LogP contribution is -2.42. The first-order valence-electron chi connectivity index (χ1n) is 14.7. The number of halogens is 1. The summed E-state index contributed by atoms with van der Waals surface area (Å²) in [6.07, 6.45) is 3.16. The molecule has 0 bridgehead atoms. The number of benzene rings is 5. The molecule has 1 heterocycles. The molecule has 6 rings (SSSR count). The summed E-state index contributed by atoms with van der Waals surface area (Å²) in [5.74, 6) is 0.0651. The Bertz CT molecular complexity index is 1970. The highest BCUT2D eigenvalue weighted by molar-refractivity contribution is 9.10. The third kappa shape index (κ3) is 7.92. The van der Waals surface area contributed by atoms with Gasteiger partial charge in [-0.05, 0) is 65.2 Å². The monoisotopic (exact) mass is 688 g/mol. The van der Waals surface area contributed by atoms with Crippen molar-refractivity contribution in [2.24, 2.45) is 0 Å². The van der Waals surface area contributed by atoms with Crippen molar-refractivity contribution < 1.29 is 24.2 Å². The summed E-state index contributed by atoms with van der Waals surface area (Å²) in [7, 11) is 0. The lowest BCUT2D eigenvalue weighted by Gasteiger charge is -2.17. The Labute approximate surface area is 279 Å². The molecule has 1 atom stereocenters. The second kappa shape index (κ2) is 14.6. The fourth-order valence-electron chi connectivity index (χ4n) is 4.95. The van der Waals surface area contributed by atoms with E-state index in [2.05, 4.69) is 31.3 Å². The third-order valence-corrected chi connectivity index (χ3v) is 7.86. The molecule has 234 valence electrons. The van der Waals surface area contributed by atoms with E-state index in [1.165, 1.54) is 6.33 Å². The number of aliphatic carboxylic acids is 1. The van der Waals surface area contributed by atoms with E-state index in [9.17, 15) is 14.7 Å². The highest BCUT2D eigenvalue weighted by Gasteiger charge is 2.23. The molecule has 0 aliphatic carbocycles. The first kappa shape index (κ1) is 31.3. The Hall–Kier alpha value is -5.74. The van der Waals surface area contributed by atoms with E-state index in [-0.39, 0.29) is 18.6 Å². The number of para-hydroxylation sites is 2. The summed E-state index contributed by atoms with van der Waals surface area (Å²) in [4.78, 5) is 29.7. The smallest absolute Gasteiger partial charge is 0.326 e. The van der Waals surface area contributed by atoms with Gasteiger partial charge in [0.1, 0.15) is 42.6 Å². The van der Waals surface area contributed by atoms with Crippen LogP contribution in [-0.2, 0) is 17.8 Å². The van der Waals surface area contributed by atoms with Crippen molar-refractivity contribution in [1.82, 2.24) is 20.1 Å². The molecule has 47 heavy (non-hydrogen) atoms. The SMILES string of the molecule is O=C(NC(Cc1ccc(-c2ccccc2Oc2ccccc2)cc1)C(=O)O)c1cc(Br)ccc1OCc1ccc(-n2cncn2)cc1. The van der Waals surface area contributed by atoms with Crippen LogP contribution in [0, 0.1) is 0 Å². The summed E-state index contributed by atoms with van der Waals surface area (Å²) in [6.45, 7) is 0.202. The zero-order valence-corrected chi connectivity index (χ0v) is 26.6. The molecular formula is C37H29BrN4O5. The number of hydrogen-bond donors (Lipinski definition) is 2. The number of rotatable bonds is 12. The van der Waals surface area contributed by atoms with Gasteiger partial charge in [0.05, 0.1) is 11.3 Å². The van der Waals surface area contributed by atoms with Gasteiger partial charge in [0.15, 0.2) is 0 Å². The van der Waals surface area contributed by atoms with E-state index in [0.717, 1.165) is 33.7 Å². The number of carbonyl (C=O) groups is 2. The molecule has 0 aliphatic heterocycles. The molecule has 0 fully saturated rings. The Balaban J connectivity index is 1.13. The van der Waals surface area contributed by atoms with Crippen LogP contribution in [0.25, 0.3) is 16.8 Å². The van der Waals surface area contributed by atoms with E-state index < -0.39 is 17.9 Å². The Morgan fingerprint density at radius 3 is 2.28 bits per heavy atom. The van der Waals surface area contributed by atoms with Gasteiger partial charge in [0, 0.05) is 16.5 Å². The Morgan fingerprint density at radius 1 is 0.830 bits per heavy atom. The maximum absolute atomic E-state index is 13.4. The fraction of sp³-hybridized carbons (Fsp3) is 0.0811. The van der Waals surface area contributed by atoms with Gasteiger partial charge >= 0.3 is 5.97 Å². The van der Waals surface area contributed by atoms with Gasteiger partial charge < -0.3 is 19.9 Å². The average molecular weight is 690 g/mol. The quantitative estimate of drug-likeness (QED) is 0.137. The average Bonchev–Trinajstić information content (AvgIpc) is 3.64. The van der Waals surface area contributed by atoms with Crippen LogP contribution in [0.3, 0.4) is 0 Å². The highest BCUT2D eigenvalue weighted by Crippen LogP contribution is 2.33. The van der Waals surface area contributed by atoms with E-state index in [0.29, 0.717) is 16.0 Å². The molecular weight excluding hydrogens is 660 g/mol. The summed E-state index contributed by atoms with van der Waals surface area (Å²) in [6, 6.07) is 36.3. The number of carbonyl (C=O) groups excluding carboxylic acids is 1. The molecule has 0 radical (unpaired) electrons. The van der Waals surface area contributed by atoms with E-state index >= 15 is 0 Å². The Kier molecular flexibility index (Phi) is 9.69. The Morgan fingerprint density at radius 2 is 1.55 bits per heavy atom. The molecule has 0 spiro atoms. The van der Waals surface area contributed by atoms with Crippen molar-refractivity contribution in [1.29, 1.82) is 0 Å². The number of carboxylic acid groups (broad SMARTS) is 1. The number of hydrogen-bond acceptors (Lipinski definition) is 6. The molecule has 1 aromatic heterocycles. The standard InChI is InChI=1S/C37H29BrN4O5/c38-28-16-19-34(46-22-26-12-17-29(18-13-26)42-24-39-23-40-42)32(21-28)36(43)41-33(37(44)45)20-25-10-14-27(15-11-25)31-8-4-5-9-35(31)47-30-6-2-1-3-7-30/h1-19,21,23-24,33H,20,22H2,(H,41,43)(H,44,45). The zero-order chi connectivity index (χ0) is 32.6. The molecule has 1 amide bonds. The first-order valence-corrected chi connectivity index (χ1v) is 15.5. The minimum absolute atomic E-state index is 0.0891. The van der Waals surface area contributed by atoms with Crippen LogP contribution in [0.1, 0.15) is 21.5 Å². The summed E-state index contributed by atoms with van der Waals surface area (Å²) < 4.78 is 14.4. The predicted octanol–water partition coefficient (Wildman–Crippen LogP) is 7.49. The predicted molar refractivity (Wildman–Crippen MR) is 181 cm³/mol.